The fraction of sp³-hybridized carbons (Fsp3) is 0.143. The second-order valence-electron chi connectivity index (χ2n) is 4.74. The first-order valence-electron chi connectivity index (χ1n) is 6.80. The van der Waals surface area contributed by atoms with Crippen LogP contribution >= 0.6 is 22.9 Å². The summed E-state index contributed by atoms with van der Waals surface area (Å²) < 4.78 is 1.62. The number of aryl methyl sites for hydroxylation is 2. The smallest absolute Gasteiger partial charge is 0.232 e. The number of aromatic nitrogens is 3. The second kappa shape index (κ2) is 6.85. The Kier molecular flexibility index (Phi) is 4.63. The van der Waals surface area contributed by atoms with Crippen molar-refractivity contribution in [2.24, 2.45) is 27.5 Å². The number of azo groups is 2. The lowest BCUT2D eigenvalue weighted by molar-refractivity contribution is 0.475. The SMILES string of the molecule is Cc1nc(N=Nc2ccc(O)c(Cl)c2)sc1N=Nc1ccnn1C. The molecule has 122 valence electrons. The highest BCUT2D eigenvalue weighted by molar-refractivity contribution is 7.19. The molecule has 0 saturated heterocycles. The number of hydrogen-bond donors (Lipinski definition) is 1. The first-order valence-corrected chi connectivity index (χ1v) is 8.00. The molecule has 0 aliphatic carbocycles. The summed E-state index contributed by atoms with van der Waals surface area (Å²) in [6.07, 6.45) is 1.65. The molecule has 0 atom stereocenters. The van der Waals surface area contributed by atoms with E-state index < -0.39 is 0 Å². The quantitative estimate of drug-likeness (QED) is 0.631. The van der Waals surface area contributed by atoms with Crippen LogP contribution in [0.4, 0.5) is 21.6 Å². The summed E-state index contributed by atoms with van der Waals surface area (Å²) in [6, 6.07) is 6.34. The number of phenolic OH excluding ortho intramolecular Hbond substituents is 1. The maximum absolute atomic E-state index is 9.38. The van der Waals surface area contributed by atoms with Crippen molar-refractivity contribution in [2.75, 3.05) is 0 Å². The minimum atomic E-state index is -0.00132. The van der Waals surface area contributed by atoms with Gasteiger partial charge in [0.05, 0.1) is 22.6 Å². The molecule has 0 saturated carbocycles. The van der Waals surface area contributed by atoms with Gasteiger partial charge in [0, 0.05) is 13.1 Å². The van der Waals surface area contributed by atoms with Gasteiger partial charge in [0.25, 0.3) is 0 Å². The van der Waals surface area contributed by atoms with Crippen molar-refractivity contribution < 1.29 is 5.11 Å². The first kappa shape index (κ1) is 16.2. The van der Waals surface area contributed by atoms with E-state index in [1.54, 1.807) is 30.1 Å². The van der Waals surface area contributed by atoms with Crippen LogP contribution in [-0.4, -0.2) is 19.9 Å². The predicted octanol–water partition coefficient (Wildman–Crippen LogP) is 5.37. The third-order valence-corrected chi connectivity index (χ3v) is 4.21. The fourth-order valence-electron chi connectivity index (χ4n) is 1.73. The molecule has 2 aromatic heterocycles. The molecule has 0 amide bonds. The molecule has 0 fully saturated rings. The van der Waals surface area contributed by atoms with Crippen molar-refractivity contribution in [1.29, 1.82) is 0 Å². The Morgan fingerprint density at radius 3 is 2.71 bits per heavy atom. The minimum absolute atomic E-state index is 0.00132. The standard InChI is InChI=1S/C14H12ClN7OS/c1-8-13(20-19-12-5-6-16-22(12)2)24-14(17-8)21-18-9-3-4-11(23)10(15)7-9/h3-7,23H,1-2H3. The minimum Gasteiger partial charge on any atom is -0.506 e. The Bertz CT molecular complexity index is 931. The van der Waals surface area contributed by atoms with Crippen molar-refractivity contribution in [1.82, 2.24) is 14.8 Å². The van der Waals surface area contributed by atoms with Gasteiger partial charge in [-0.1, -0.05) is 22.9 Å². The number of hydrogen-bond acceptors (Lipinski definition) is 8. The lowest BCUT2D eigenvalue weighted by Gasteiger charge is -1.95. The zero-order chi connectivity index (χ0) is 17.1. The highest BCUT2D eigenvalue weighted by Crippen LogP contribution is 2.35. The average molecular weight is 362 g/mol. The number of rotatable bonds is 4. The van der Waals surface area contributed by atoms with Gasteiger partial charge in [0.15, 0.2) is 10.8 Å². The van der Waals surface area contributed by atoms with Crippen LogP contribution in [0.25, 0.3) is 0 Å². The number of phenols is 1. The molecule has 24 heavy (non-hydrogen) atoms. The highest BCUT2D eigenvalue weighted by Gasteiger charge is 2.07. The van der Waals surface area contributed by atoms with E-state index in [9.17, 15) is 5.11 Å². The van der Waals surface area contributed by atoms with Crippen LogP contribution in [0.5, 0.6) is 5.75 Å². The van der Waals surface area contributed by atoms with Crippen LogP contribution in [-0.2, 0) is 7.05 Å². The summed E-state index contributed by atoms with van der Waals surface area (Å²) in [5, 5.41) is 31.1. The summed E-state index contributed by atoms with van der Waals surface area (Å²) in [4.78, 5) is 4.29. The van der Waals surface area contributed by atoms with Crippen LogP contribution in [0, 0.1) is 6.92 Å². The maximum atomic E-state index is 9.38. The zero-order valence-electron chi connectivity index (χ0n) is 12.8. The van der Waals surface area contributed by atoms with Gasteiger partial charge in [0.1, 0.15) is 5.75 Å². The van der Waals surface area contributed by atoms with Gasteiger partial charge in [-0.3, -0.25) is 0 Å². The molecule has 0 bridgehead atoms. The maximum Gasteiger partial charge on any atom is 0.232 e. The Hall–Kier alpha value is -2.65. The Morgan fingerprint density at radius 1 is 1.17 bits per heavy atom. The van der Waals surface area contributed by atoms with Crippen molar-refractivity contribution in [3.8, 4) is 5.75 Å². The van der Waals surface area contributed by atoms with Crippen LogP contribution in [0.2, 0.25) is 5.02 Å². The molecule has 3 rings (SSSR count). The lowest BCUT2D eigenvalue weighted by atomic mass is 10.3. The molecule has 3 aromatic rings. The van der Waals surface area contributed by atoms with Gasteiger partial charge >= 0.3 is 0 Å². The summed E-state index contributed by atoms with van der Waals surface area (Å²) in [5.74, 6) is 0.642. The normalized spacial score (nSPS) is 11.8. The molecule has 0 aliphatic heterocycles. The van der Waals surface area contributed by atoms with Crippen LogP contribution in [0.1, 0.15) is 5.69 Å². The molecule has 10 heteroatoms. The molecule has 0 unspecified atom stereocenters. The third-order valence-electron chi connectivity index (χ3n) is 2.98. The van der Waals surface area contributed by atoms with Gasteiger partial charge < -0.3 is 5.11 Å². The van der Waals surface area contributed by atoms with Gasteiger partial charge in [-0.05, 0) is 25.1 Å². The Labute approximate surface area is 146 Å². The molecule has 0 radical (unpaired) electrons. The average Bonchev–Trinajstić information content (AvgIpc) is 3.12. The topological polar surface area (TPSA) is 100 Å². The molecule has 1 N–H and O–H groups in total. The summed E-state index contributed by atoms with van der Waals surface area (Å²) in [5.41, 5.74) is 1.23. The van der Waals surface area contributed by atoms with Gasteiger partial charge in [-0.25, -0.2) is 9.67 Å². The Morgan fingerprint density at radius 2 is 2.00 bits per heavy atom. The van der Waals surface area contributed by atoms with Crippen LogP contribution in [0.3, 0.4) is 0 Å². The van der Waals surface area contributed by atoms with E-state index in [4.69, 9.17) is 11.6 Å². The van der Waals surface area contributed by atoms with E-state index in [-0.39, 0.29) is 10.8 Å². The van der Waals surface area contributed by atoms with Crippen molar-refractivity contribution in [3.05, 3.63) is 41.2 Å². The molecule has 1 aromatic carbocycles. The van der Waals surface area contributed by atoms with Gasteiger partial charge in [-0.15, -0.1) is 20.5 Å². The lowest BCUT2D eigenvalue weighted by Crippen LogP contribution is -1.86. The van der Waals surface area contributed by atoms with E-state index in [1.807, 2.05) is 6.92 Å². The van der Waals surface area contributed by atoms with E-state index >= 15 is 0 Å². The fourth-order valence-corrected chi connectivity index (χ4v) is 2.62. The summed E-state index contributed by atoms with van der Waals surface area (Å²) in [6.45, 7) is 1.82. The predicted molar refractivity (Wildman–Crippen MR) is 91.5 cm³/mol. The molecule has 2 heterocycles. The van der Waals surface area contributed by atoms with Gasteiger partial charge in [0.2, 0.25) is 5.13 Å². The van der Waals surface area contributed by atoms with Crippen molar-refractivity contribution in [3.63, 3.8) is 0 Å². The van der Waals surface area contributed by atoms with Crippen LogP contribution < -0.4 is 0 Å². The first-order chi connectivity index (χ1) is 11.5. The number of thiazole rings is 1. The molecular weight excluding hydrogens is 350 g/mol. The number of nitrogens with zero attached hydrogens (tertiary/aromatic N) is 7. The molecule has 0 spiro atoms. The summed E-state index contributed by atoms with van der Waals surface area (Å²) >= 11 is 7.10. The van der Waals surface area contributed by atoms with E-state index in [2.05, 4.69) is 30.5 Å². The van der Waals surface area contributed by atoms with E-state index in [0.717, 1.165) is 0 Å². The third kappa shape index (κ3) is 3.63. The molecular formula is C14H12ClN7OS. The Balaban J connectivity index is 1.78. The summed E-state index contributed by atoms with van der Waals surface area (Å²) in [7, 11) is 1.79. The number of halogens is 1. The molecule has 8 nitrogen and oxygen atoms in total. The van der Waals surface area contributed by atoms with Crippen molar-refractivity contribution in [2.45, 2.75) is 6.92 Å². The number of benzene rings is 1. The van der Waals surface area contributed by atoms with Crippen LogP contribution in [0.15, 0.2) is 50.9 Å². The second-order valence-corrected chi connectivity index (χ2v) is 6.10. The van der Waals surface area contributed by atoms with Crippen molar-refractivity contribution >= 4 is 44.6 Å². The van der Waals surface area contributed by atoms with Gasteiger partial charge in [-0.2, -0.15) is 5.10 Å². The molecule has 0 aliphatic rings. The van der Waals surface area contributed by atoms with E-state index in [1.165, 1.54) is 23.5 Å². The zero-order valence-corrected chi connectivity index (χ0v) is 14.3. The monoisotopic (exact) mass is 361 g/mol. The largest absolute Gasteiger partial charge is 0.506 e. The highest BCUT2D eigenvalue weighted by atomic mass is 35.5. The number of aromatic hydroxyl groups is 1. The van der Waals surface area contributed by atoms with E-state index in [0.29, 0.717) is 27.3 Å².